The Bertz CT molecular complexity index is 152. The fourth-order valence-electron chi connectivity index (χ4n) is 0.879. The number of primary amides is 1. The number of carbonyl (C=O) groups excluding carboxylic acids is 1. The summed E-state index contributed by atoms with van der Waals surface area (Å²) in [4.78, 5) is 12.4. The fraction of sp³-hybridized carbons (Fsp3) is 0.625. The van der Waals surface area contributed by atoms with Gasteiger partial charge in [0.25, 0.3) is 0 Å². The normalized spacial score (nSPS) is 14.2. The highest BCUT2D eigenvalue weighted by Crippen LogP contribution is 1.99. The van der Waals surface area contributed by atoms with E-state index < -0.39 is 0 Å². The van der Waals surface area contributed by atoms with Gasteiger partial charge in [-0.2, -0.15) is 0 Å². The van der Waals surface area contributed by atoms with Crippen LogP contribution in [0.5, 0.6) is 0 Å². The average molecular weight is 156 g/mol. The van der Waals surface area contributed by atoms with Gasteiger partial charge in [0.1, 0.15) is 0 Å². The summed E-state index contributed by atoms with van der Waals surface area (Å²) in [7, 11) is 3.94. The number of rotatable bonds is 4. The van der Waals surface area contributed by atoms with Gasteiger partial charge in [0, 0.05) is 12.1 Å². The summed E-state index contributed by atoms with van der Waals surface area (Å²) in [6.07, 6.45) is 4.22. The molecule has 0 aromatic carbocycles. The SMILES string of the molecule is CCC(/C=C/C(N)=O)N(C)C. The second kappa shape index (κ2) is 4.91. The van der Waals surface area contributed by atoms with Gasteiger partial charge in [0.2, 0.25) is 5.91 Å². The highest BCUT2D eigenvalue weighted by atomic mass is 16.1. The number of carbonyl (C=O) groups is 1. The summed E-state index contributed by atoms with van der Waals surface area (Å²) < 4.78 is 0. The van der Waals surface area contributed by atoms with E-state index in [0.717, 1.165) is 6.42 Å². The number of likely N-dealkylation sites (N-methyl/N-ethyl adjacent to an activating group) is 1. The molecule has 0 aliphatic heterocycles. The molecule has 0 bridgehead atoms. The molecule has 11 heavy (non-hydrogen) atoms. The second-order valence-electron chi connectivity index (χ2n) is 2.70. The maximum absolute atomic E-state index is 10.4. The molecular formula is C8H16N2O. The van der Waals surface area contributed by atoms with Gasteiger partial charge in [0.05, 0.1) is 0 Å². The number of hydrogen-bond acceptors (Lipinski definition) is 2. The first kappa shape index (κ1) is 10.2. The molecule has 0 saturated heterocycles. The van der Waals surface area contributed by atoms with Gasteiger partial charge in [-0.1, -0.05) is 13.0 Å². The minimum atomic E-state index is -0.384. The lowest BCUT2D eigenvalue weighted by molar-refractivity contribution is -0.113. The van der Waals surface area contributed by atoms with Crippen molar-refractivity contribution in [2.24, 2.45) is 5.73 Å². The molecule has 0 rings (SSSR count). The van der Waals surface area contributed by atoms with Crippen LogP contribution >= 0.6 is 0 Å². The van der Waals surface area contributed by atoms with E-state index in [1.54, 1.807) is 0 Å². The lowest BCUT2D eigenvalue weighted by Gasteiger charge is -2.18. The number of nitrogens with two attached hydrogens (primary N) is 1. The van der Waals surface area contributed by atoms with Gasteiger partial charge in [0.15, 0.2) is 0 Å². The smallest absolute Gasteiger partial charge is 0.241 e. The first-order valence-corrected chi connectivity index (χ1v) is 3.72. The molecular weight excluding hydrogens is 140 g/mol. The van der Waals surface area contributed by atoms with E-state index in [0.29, 0.717) is 6.04 Å². The fourth-order valence-corrected chi connectivity index (χ4v) is 0.879. The zero-order chi connectivity index (χ0) is 8.85. The Morgan fingerprint density at radius 2 is 2.18 bits per heavy atom. The summed E-state index contributed by atoms with van der Waals surface area (Å²) in [6.45, 7) is 2.07. The molecule has 0 radical (unpaired) electrons. The van der Waals surface area contributed by atoms with Crippen molar-refractivity contribution < 1.29 is 4.79 Å². The van der Waals surface area contributed by atoms with Crippen LogP contribution in [0.1, 0.15) is 13.3 Å². The molecule has 1 unspecified atom stereocenters. The van der Waals surface area contributed by atoms with Crippen molar-refractivity contribution in [2.45, 2.75) is 19.4 Å². The molecule has 0 heterocycles. The third-order valence-electron chi connectivity index (χ3n) is 1.56. The Labute approximate surface area is 67.9 Å². The van der Waals surface area contributed by atoms with E-state index in [-0.39, 0.29) is 5.91 Å². The summed E-state index contributed by atoms with van der Waals surface area (Å²) >= 11 is 0. The van der Waals surface area contributed by atoms with E-state index in [9.17, 15) is 4.79 Å². The van der Waals surface area contributed by atoms with Crippen molar-refractivity contribution in [1.82, 2.24) is 4.90 Å². The van der Waals surface area contributed by atoms with Crippen molar-refractivity contribution in [3.8, 4) is 0 Å². The Morgan fingerprint density at radius 3 is 2.45 bits per heavy atom. The maximum Gasteiger partial charge on any atom is 0.241 e. The molecule has 3 nitrogen and oxygen atoms in total. The first-order valence-electron chi connectivity index (χ1n) is 3.72. The first-order chi connectivity index (χ1) is 5.07. The minimum Gasteiger partial charge on any atom is -0.366 e. The van der Waals surface area contributed by atoms with Gasteiger partial charge < -0.3 is 10.6 Å². The van der Waals surface area contributed by atoms with Crippen LogP contribution in [0.4, 0.5) is 0 Å². The Kier molecular flexibility index (Phi) is 4.54. The quantitative estimate of drug-likeness (QED) is 0.598. The summed E-state index contributed by atoms with van der Waals surface area (Å²) in [6, 6.07) is 0.308. The molecule has 64 valence electrons. The standard InChI is InChI=1S/C8H16N2O/c1-4-7(10(2)3)5-6-8(9)11/h5-7H,4H2,1-3H3,(H2,9,11)/b6-5+. The Balaban J connectivity index is 3.97. The van der Waals surface area contributed by atoms with Gasteiger partial charge in [-0.3, -0.25) is 4.79 Å². The van der Waals surface area contributed by atoms with Crippen LogP contribution in [-0.2, 0) is 4.79 Å². The monoisotopic (exact) mass is 156 g/mol. The molecule has 0 fully saturated rings. The van der Waals surface area contributed by atoms with Crippen molar-refractivity contribution in [2.75, 3.05) is 14.1 Å². The van der Waals surface area contributed by atoms with Gasteiger partial charge in [-0.25, -0.2) is 0 Å². The number of nitrogens with zero attached hydrogens (tertiary/aromatic N) is 1. The third kappa shape index (κ3) is 4.56. The molecule has 0 saturated carbocycles. The number of amides is 1. The lowest BCUT2D eigenvalue weighted by Crippen LogP contribution is -2.25. The van der Waals surface area contributed by atoms with Crippen LogP contribution in [0.2, 0.25) is 0 Å². The molecule has 1 amide bonds. The maximum atomic E-state index is 10.4. The largest absolute Gasteiger partial charge is 0.366 e. The zero-order valence-electron chi connectivity index (χ0n) is 7.37. The summed E-state index contributed by atoms with van der Waals surface area (Å²) in [5, 5.41) is 0. The molecule has 3 heteroatoms. The second-order valence-corrected chi connectivity index (χ2v) is 2.70. The summed E-state index contributed by atoms with van der Waals surface area (Å²) in [5.74, 6) is -0.384. The minimum absolute atomic E-state index is 0.308. The van der Waals surface area contributed by atoms with Gasteiger partial charge in [-0.05, 0) is 20.5 Å². The lowest BCUT2D eigenvalue weighted by atomic mass is 10.2. The van der Waals surface area contributed by atoms with Crippen LogP contribution in [0.15, 0.2) is 12.2 Å². The van der Waals surface area contributed by atoms with Crippen molar-refractivity contribution in [3.05, 3.63) is 12.2 Å². The Morgan fingerprint density at radius 1 is 1.64 bits per heavy atom. The molecule has 0 aliphatic rings. The van der Waals surface area contributed by atoms with Crippen molar-refractivity contribution in [3.63, 3.8) is 0 Å². The van der Waals surface area contributed by atoms with Crippen LogP contribution in [0.3, 0.4) is 0 Å². The van der Waals surface area contributed by atoms with Crippen LogP contribution < -0.4 is 5.73 Å². The summed E-state index contributed by atoms with van der Waals surface area (Å²) in [5.41, 5.74) is 4.95. The van der Waals surface area contributed by atoms with Crippen molar-refractivity contribution >= 4 is 5.91 Å². The molecule has 0 aromatic rings. The zero-order valence-corrected chi connectivity index (χ0v) is 7.37. The molecule has 0 spiro atoms. The van der Waals surface area contributed by atoms with Gasteiger partial charge >= 0.3 is 0 Å². The van der Waals surface area contributed by atoms with Crippen molar-refractivity contribution in [1.29, 1.82) is 0 Å². The van der Waals surface area contributed by atoms with E-state index in [4.69, 9.17) is 5.73 Å². The van der Waals surface area contributed by atoms with E-state index in [1.807, 2.05) is 25.1 Å². The Hall–Kier alpha value is -0.830. The predicted octanol–water partition coefficient (Wildman–Crippen LogP) is 0.368. The van der Waals surface area contributed by atoms with Crippen LogP contribution in [0, 0.1) is 0 Å². The average Bonchev–Trinajstić information content (AvgIpc) is 1.87. The van der Waals surface area contributed by atoms with Crippen LogP contribution in [-0.4, -0.2) is 30.9 Å². The molecule has 2 N–H and O–H groups in total. The number of hydrogen-bond donors (Lipinski definition) is 1. The molecule has 0 aromatic heterocycles. The highest BCUT2D eigenvalue weighted by Gasteiger charge is 2.02. The van der Waals surface area contributed by atoms with Crippen LogP contribution in [0.25, 0.3) is 0 Å². The van der Waals surface area contributed by atoms with E-state index >= 15 is 0 Å². The third-order valence-corrected chi connectivity index (χ3v) is 1.56. The van der Waals surface area contributed by atoms with E-state index in [2.05, 4.69) is 6.92 Å². The predicted molar refractivity (Wildman–Crippen MR) is 46.1 cm³/mol. The van der Waals surface area contributed by atoms with Gasteiger partial charge in [-0.15, -0.1) is 0 Å². The molecule has 1 atom stereocenters. The molecule has 0 aliphatic carbocycles. The topological polar surface area (TPSA) is 46.3 Å². The van der Waals surface area contributed by atoms with E-state index in [1.165, 1.54) is 6.08 Å². The highest BCUT2D eigenvalue weighted by molar-refractivity contribution is 5.85.